The maximum absolute atomic E-state index is 11.5. The van der Waals surface area contributed by atoms with Gasteiger partial charge >= 0.3 is 6.03 Å². The number of amides is 4. The van der Waals surface area contributed by atoms with Crippen LogP contribution < -0.4 is 16.4 Å². The molecular formula is C11H8N4O4. The van der Waals surface area contributed by atoms with Gasteiger partial charge in [0.2, 0.25) is 11.6 Å². The summed E-state index contributed by atoms with van der Waals surface area (Å²) < 4.78 is 5.37. The highest BCUT2D eigenvalue weighted by atomic mass is 16.3. The summed E-state index contributed by atoms with van der Waals surface area (Å²) in [5.41, 5.74) is 5.64. The number of fused-ring (bicyclic) bond motifs is 1. The molecule has 0 radical (unpaired) electrons. The van der Waals surface area contributed by atoms with Crippen LogP contribution in [0.3, 0.4) is 0 Å². The SMILES string of the molecule is NC(=O)c1cnc2oc([C@@H]3NC(=O)NC3=O)cc2c1. The second-order valence-electron chi connectivity index (χ2n) is 4.03. The molecule has 1 saturated heterocycles. The fourth-order valence-electron chi connectivity index (χ4n) is 1.85. The lowest BCUT2D eigenvalue weighted by atomic mass is 10.2. The van der Waals surface area contributed by atoms with Crippen molar-refractivity contribution in [2.75, 3.05) is 0 Å². The molecule has 19 heavy (non-hydrogen) atoms. The number of furan rings is 1. The Bertz CT molecular complexity index is 721. The molecule has 0 unspecified atom stereocenters. The fourth-order valence-corrected chi connectivity index (χ4v) is 1.85. The second-order valence-corrected chi connectivity index (χ2v) is 4.03. The molecule has 8 heteroatoms. The Morgan fingerprint density at radius 3 is 2.79 bits per heavy atom. The van der Waals surface area contributed by atoms with Crippen LogP contribution in [0, 0.1) is 0 Å². The first-order valence-electron chi connectivity index (χ1n) is 5.35. The molecule has 96 valence electrons. The Balaban J connectivity index is 2.04. The zero-order chi connectivity index (χ0) is 13.6. The molecule has 0 spiro atoms. The van der Waals surface area contributed by atoms with Crippen molar-refractivity contribution in [3.63, 3.8) is 0 Å². The third kappa shape index (κ3) is 1.79. The summed E-state index contributed by atoms with van der Waals surface area (Å²) in [5, 5.41) is 5.03. The number of rotatable bonds is 2. The van der Waals surface area contributed by atoms with Gasteiger partial charge in [0.15, 0.2) is 6.04 Å². The van der Waals surface area contributed by atoms with Crippen molar-refractivity contribution in [2.24, 2.45) is 5.73 Å². The third-order valence-corrected chi connectivity index (χ3v) is 2.73. The average Bonchev–Trinajstić information content (AvgIpc) is 2.90. The molecule has 0 aromatic carbocycles. The minimum absolute atomic E-state index is 0.236. The van der Waals surface area contributed by atoms with Crippen LogP contribution in [0.15, 0.2) is 22.7 Å². The summed E-state index contributed by atoms with van der Waals surface area (Å²) >= 11 is 0. The number of nitrogens with zero attached hydrogens (tertiary/aromatic N) is 1. The van der Waals surface area contributed by atoms with E-state index in [1.54, 1.807) is 0 Å². The van der Waals surface area contributed by atoms with Crippen LogP contribution in [0.25, 0.3) is 11.1 Å². The Morgan fingerprint density at radius 1 is 1.37 bits per heavy atom. The minimum atomic E-state index is -0.890. The van der Waals surface area contributed by atoms with Gasteiger partial charge in [0.1, 0.15) is 5.76 Å². The van der Waals surface area contributed by atoms with Crippen LogP contribution in [0.2, 0.25) is 0 Å². The van der Waals surface area contributed by atoms with E-state index in [1.807, 2.05) is 0 Å². The number of nitrogens with one attached hydrogen (secondary N) is 2. The molecule has 1 atom stereocenters. The number of carbonyl (C=O) groups is 3. The summed E-state index contributed by atoms with van der Waals surface area (Å²) in [4.78, 5) is 37.5. The van der Waals surface area contributed by atoms with Gasteiger partial charge in [0.25, 0.3) is 5.91 Å². The van der Waals surface area contributed by atoms with Crippen molar-refractivity contribution in [1.82, 2.24) is 15.6 Å². The van der Waals surface area contributed by atoms with Gasteiger partial charge in [-0.1, -0.05) is 0 Å². The number of primary amides is 1. The molecule has 1 aliphatic rings. The first-order chi connectivity index (χ1) is 9.04. The van der Waals surface area contributed by atoms with Gasteiger partial charge < -0.3 is 15.5 Å². The minimum Gasteiger partial charge on any atom is -0.440 e. The van der Waals surface area contributed by atoms with Gasteiger partial charge in [0, 0.05) is 11.6 Å². The molecule has 1 aliphatic heterocycles. The van der Waals surface area contributed by atoms with E-state index < -0.39 is 23.9 Å². The van der Waals surface area contributed by atoms with Crippen LogP contribution in [0.5, 0.6) is 0 Å². The zero-order valence-corrected chi connectivity index (χ0v) is 9.47. The van der Waals surface area contributed by atoms with E-state index in [0.717, 1.165) is 0 Å². The molecule has 4 N–H and O–H groups in total. The van der Waals surface area contributed by atoms with Gasteiger partial charge in [-0.2, -0.15) is 0 Å². The highest BCUT2D eigenvalue weighted by Gasteiger charge is 2.33. The van der Waals surface area contributed by atoms with Crippen molar-refractivity contribution in [2.45, 2.75) is 6.04 Å². The molecule has 2 aromatic rings. The normalized spacial score (nSPS) is 18.4. The lowest BCUT2D eigenvalue weighted by Gasteiger charge is -2.00. The number of urea groups is 1. The number of imide groups is 1. The largest absolute Gasteiger partial charge is 0.440 e. The Labute approximate surface area is 106 Å². The molecule has 4 amide bonds. The lowest BCUT2D eigenvalue weighted by Crippen LogP contribution is -2.22. The molecule has 0 saturated carbocycles. The van der Waals surface area contributed by atoms with Gasteiger partial charge in [0.05, 0.1) is 5.56 Å². The number of aromatic nitrogens is 1. The fraction of sp³-hybridized carbons (Fsp3) is 0.0909. The summed E-state index contributed by atoms with van der Waals surface area (Å²) in [6.07, 6.45) is 1.28. The van der Waals surface area contributed by atoms with Gasteiger partial charge in [-0.25, -0.2) is 9.78 Å². The summed E-state index contributed by atoms with van der Waals surface area (Å²) in [7, 11) is 0. The highest BCUT2D eigenvalue weighted by molar-refractivity contribution is 6.04. The number of nitrogens with two attached hydrogens (primary N) is 1. The Hall–Kier alpha value is -2.90. The number of pyridine rings is 1. The predicted octanol–water partition coefficient (Wildman–Crippen LogP) is -0.193. The summed E-state index contributed by atoms with van der Waals surface area (Å²) in [5.74, 6) is -0.865. The number of hydrogen-bond acceptors (Lipinski definition) is 5. The third-order valence-electron chi connectivity index (χ3n) is 2.73. The van der Waals surface area contributed by atoms with Crippen LogP contribution in [0.4, 0.5) is 4.79 Å². The standard InChI is InChI=1S/C11H8N4O4/c12-8(16)5-1-4-2-6(19-10(4)13-3-5)7-9(17)15-11(18)14-7/h1-3,7H,(H2,12,16)(H2,14,15,17,18)/t7-/m0/s1. The predicted molar refractivity (Wildman–Crippen MR) is 61.9 cm³/mol. The topological polar surface area (TPSA) is 127 Å². The monoisotopic (exact) mass is 260 g/mol. The molecule has 1 fully saturated rings. The first-order valence-corrected chi connectivity index (χ1v) is 5.35. The number of hydrogen-bond donors (Lipinski definition) is 3. The van der Waals surface area contributed by atoms with Crippen molar-refractivity contribution < 1.29 is 18.8 Å². The van der Waals surface area contributed by atoms with E-state index in [-0.39, 0.29) is 17.0 Å². The van der Waals surface area contributed by atoms with E-state index in [4.69, 9.17) is 10.2 Å². The molecule has 0 aliphatic carbocycles. The quantitative estimate of drug-likeness (QED) is 0.644. The maximum Gasteiger partial charge on any atom is 0.322 e. The van der Waals surface area contributed by atoms with Crippen molar-refractivity contribution in [3.05, 3.63) is 29.7 Å². The lowest BCUT2D eigenvalue weighted by molar-refractivity contribution is -0.120. The van der Waals surface area contributed by atoms with Gasteiger partial charge in [-0.3, -0.25) is 14.9 Å². The molecule has 8 nitrogen and oxygen atoms in total. The van der Waals surface area contributed by atoms with Crippen molar-refractivity contribution in [1.29, 1.82) is 0 Å². The smallest absolute Gasteiger partial charge is 0.322 e. The van der Waals surface area contributed by atoms with Crippen LogP contribution in [-0.2, 0) is 4.79 Å². The first kappa shape index (κ1) is 11.2. The zero-order valence-electron chi connectivity index (χ0n) is 9.47. The van der Waals surface area contributed by atoms with Crippen LogP contribution >= 0.6 is 0 Å². The van der Waals surface area contributed by atoms with E-state index in [1.165, 1.54) is 18.3 Å². The van der Waals surface area contributed by atoms with Crippen molar-refractivity contribution >= 4 is 28.9 Å². The van der Waals surface area contributed by atoms with Crippen LogP contribution in [-0.4, -0.2) is 22.8 Å². The summed E-state index contributed by atoms with van der Waals surface area (Å²) in [6.45, 7) is 0. The van der Waals surface area contributed by atoms with Gasteiger partial charge in [-0.05, 0) is 12.1 Å². The maximum atomic E-state index is 11.5. The molecule has 2 aromatic heterocycles. The average molecular weight is 260 g/mol. The Morgan fingerprint density at radius 2 is 2.16 bits per heavy atom. The van der Waals surface area contributed by atoms with Crippen LogP contribution in [0.1, 0.15) is 22.2 Å². The molecular weight excluding hydrogens is 252 g/mol. The second kappa shape index (κ2) is 3.80. The molecule has 0 bridgehead atoms. The molecule has 3 heterocycles. The molecule has 3 rings (SSSR count). The highest BCUT2D eigenvalue weighted by Crippen LogP contribution is 2.24. The van der Waals surface area contributed by atoms with E-state index in [0.29, 0.717) is 5.39 Å². The number of carbonyl (C=O) groups excluding carboxylic acids is 3. The van der Waals surface area contributed by atoms with E-state index in [2.05, 4.69) is 15.6 Å². The van der Waals surface area contributed by atoms with Crippen molar-refractivity contribution in [3.8, 4) is 0 Å². The Kier molecular flexibility index (Phi) is 2.24. The van der Waals surface area contributed by atoms with E-state index >= 15 is 0 Å². The summed E-state index contributed by atoms with van der Waals surface area (Å²) in [6, 6.07) is 1.57. The van der Waals surface area contributed by atoms with E-state index in [9.17, 15) is 14.4 Å². The van der Waals surface area contributed by atoms with Gasteiger partial charge in [-0.15, -0.1) is 0 Å².